The first-order chi connectivity index (χ1) is 10.1. The zero-order valence-corrected chi connectivity index (χ0v) is 12.2. The molecule has 0 aliphatic rings. The molecule has 5 heteroatoms. The van der Waals surface area contributed by atoms with Gasteiger partial charge in [0.1, 0.15) is 5.75 Å². The zero-order chi connectivity index (χ0) is 15.2. The Bertz CT molecular complexity index is 611. The lowest BCUT2D eigenvalue weighted by Crippen LogP contribution is -2.26. The number of benzene rings is 1. The normalized spacial score (nSPS) is 11.8. The molecule has 0 saturated heterocycles. The predicted octanol–water partition coefficient (Wildman–Crippen LogP) is 2.04. The summed E-state index contributed by atoms with van der Waals surface area (Å²) in [5, 5.41) is 2.95. The smallest absolute Gasteiger partial charge is 0.251 e. The van der Waals surface area contributed by atoms with Gasteiger partial charge in [0.2, 0.25) is 0 Å². The number of methoxy groups -OCH3 is 1. The van der Waals surface area contributed by atoms with Gasteiger partial charge < -0.3 is 15.8 Å². The van der Waals surface area contributed by atoms with Gasteiger partial charge in [0.15, 0.2) is 0 Å². The standard InChI is InChI=1S/C16H19N3O2/c1-11(12-3-5-15(21-2)6-4-12)19-16(20)13-7-8-18-14(9-13)10-17/h3-9,11H,10,17H2,1-2H3,(H,19,20). The van der Waals surface area contributed by atoms with Gasteiger partial charge in [0.05, 0.1) is 18.8 Å². The van der Waals surface area contributed by atoms with Crippen LogP contribution in [-0.4, -0.2) is 18.0 Å². The Labute approximate surface area is 124 Å². The number of nitrogens with zero attached hydrogens (tertiary/aromatic N) is 1. The van der Waals surface area contributed by atoms with E-state index in [0.717, 1.165) is 11.3 Å². The van der Waals surface area contributed by atoms with Crippen molar-refractivity contribution < 1.29 is 9.53 Å². The summed E-state index contributed by atoms with van der Waals surface area (Å²) in [5.41, 5.74) is 7.80. The van der Waals surface area contributed by atoms with Crippen molar-refractivity contribution in [3.05, 3.63) is 59.4 Å². The monoisotopic (exact) mass is 285 g/mol. The molecule has 0 saturated carbocycles. The van der Waals surface area contributed by atoms with Crippen LogP contribution in [0.5, 0.6) is 5.75 Å². The molecule has 3 N–H and O–H groups in total. The van der Waals surface area contributed by atoms with Crippen molar-refractivity contribution in [2.45, 2.75) is 19.5 Å². The Balaban J connectivity index is 2.06. The summed E-state index contributed by atoms with van der Waals surface area (Å²) in [6.45, 7) is 2.25. The average Bonchev–Trinajstić information content (AvgIpc) is 2.54. The third-order valence-electron chi connectivity index (χ3n) is 3.25. The number of amides is 1. The van der Waals surface area contributed by atoms with Crippen LogP contribution >= 0.6 is 0 Å². The average molecular weight is 285 g/mol. The van der Waals surface area contributed by atoms with E-state index in [4.69, 9.17) is 10.5 Å². The lowest BCUT2D eigenvalue weighted by atomic mass is 10.1. The molecule has 110 valence electrons. The highest BCUT2D eigenvalue weighted by Crippen LogP contribution is 2.17. The van der Waals surface area contributed by atoms with Crippen molar-refractivity contribution >= 4 is 5.91 Å². The fourth-order valence-electron chi connectivity index (χ4n) is 1.99. The quantitative estimate of drug-likeness (QED) is 0.881. The molecular weight excluding hydrogens is 266 g/mol. The van der Waals surface area contributed by atoms with Crippen LogP contribution in [0.3, 0.4) is 0 Å². The van der Waals surface area contributed by atoms with Gasteiger partial charge in [-0.25, -0.2) is 0 Å². The first kappa shape index (κ1) is 15.0. The number of aromatic nitrogens is 1. The van der Waals surface area contributed by atoms with Crippen LogP contribution in [-0.2, 0) is 6.54 Å². The van der Waals surface area contributed by atoms with Crippen molar-refractivity contribution in [1.29, 1.82) is 0 Å². The number of ether oxygens (including phenoxy) is 1. The van der Waals surface area contributed by atoms with Gasteiger partial charge in [0.25, 0.3) is 5.91 Å². The fraction of sp³-hybridized carbons (Fsp3) is 0.250. The lowest BCUT2D eigenvalue weighted by Gasteiger charge is -2.15. The first-order valence-electron chi connectivity index (χ1n) is 6.74. The molecular formula is C16H19N3O2. The Kier molecular flexibility index (Phi) is 4.90. The predicted molar refractivity (Wildman–Crippen MR) is 81.0 cm³/mol. The van der Waals surface area contributed by atoms with Crippen molar-refractivity contribution in [3.63, 3.8) is 0 Å². The molecule has 1 unspecified atom stereocenters. The summed E-state index contributed by atoms with van der Waals surface area (Å²) in [6.07, 6.45) is 1.59. The lowest BCUT2D eigenvalue weighted by molar-refractivity contribution is 0.0939. The summed E-state index contributed by atoms with van der Waals surface area (Å²) >= 11 is 0. The molecule has 2 aromatic rings. The van der Waals surface area contributed by atoms with Gasteiger partial charge in [-0.05, 0) is 36.8 Å². The summed E-state index contributed by atoms with van der Waals surface area (Å²) in [7, 11) is 1.62. The highest BCUT2D eigenvalue weighted by atomic mass is 16.5. The molecule has 21 heavy (non-hydrogen) atoms. The van der Waals surface area contributed by atoms with E-state index in [1.807, 2.05) is 31.2 Å². The molecule has 0 radical (unpaired) electrons. The van der Waals surface area contributed by atoms with Crippen molar-refractivity contribution in [3.8, 4) is 5.75 Å². The summed E-state index contributed by atoms with van der Waals surface area (Å²) in [4.78, 5) is 16.3. The van der Waals surface area contributed by atoms with E-state index < -0.39 is 0 Å². The minimum Gasteiger partial charge on any atom is -0.497 e. The number of carbonyl (C=O) groups is 1. The minimum atomic E-state index is -0.143. The van der Waals surface area contributed by atoms with E-state index >= 15 is 0 Å². The van der Waals surface area contributed by atoms with Gasteiger partial charge in [-0.2, -0.15) is 0 Å². The largest absolute Gasteiger partial charge is 0.497 e. The minimum absolute atomic E-state index is 0.0992. The SMILES string of the molecule is COc1ccc(C(C)NC(=O)c2ccnc(CN)c2)cc1. The Hall–Kier alpha value is -2.40. The molecule has 1 aromatic carbocycles. The van der Waals surface area contributed by atoms with E-state index in [2.05, 4.69) is 10.3 Å². The van der Waals surface area contributed by atoms with Crippen molar-refractivity contribution in [2.24, 2.45) is 5.73 Å². The first-order valence-corrected chi connectivity index (χ1v) is 6.74. The maximum atomic E-state index is 12.2. The van der Waals surface area contributed by atoms with Crippen LogP contribution in [0.2, 0.25) is 0 Å². The third kappa shape index (κ3) is 3.79. The number of carbonyl (C=O) groups excluding carboxylic acids is 1. The van der Waals surface area contributed by atoms with Crippen LogP contribution in [0.25, 0.3) is 0 Å². The number of hydrogen-bond donors (Lipinski definition) is 2. The second-order valence-corrected chi connectivity index (χ2v) is 4.71. The van der Waals surface area contributed by atoms with Crippen LogP contribution in [0.15, 0.2) is 42.6 Å². The second-order valence-electron chi connectivity index (χ2n) is 4.71. The zero-order valence-electron chi connectivity index (χ0n) is 12.2. The van der Waals surface area contributed by atoms with Gasteiger partial charge in [-0.15, -0.1) is 0 Å². The van der Waals surface area contributed by atoms with Gasteiger partial charge in [-0.3, -0.25) is 9.78 Å². The van der Waals surface area contributed by atoms with E-state index in [0.29, 0.717) is 17.8 Å². The fourth-order valence-corrected chi connectivity index (χ4v) is 1.99. The number of hydrogen-bond acceptors (Lipinski definition) is 4. The van der Waals surface area contributed by atoms with E-state index in [-0.39, 0.29) is 11.9 Å². The Morgan fingerprint density at radius 1 is 1.33 bits per heavy atom. The van der Waals surface area contributed by atoms with E-state index in [1.165, 1.54) is 0 Å². The van der Waals surface area contributed by atoms with Gasteiger partial charge in [-0.1, -0.05) is 12.1 Å². The number of nitrogens with one attached hydrogen (secondary N) is 1. The second kappa shape index (κ2) is 6.85. The molecule has 0 aliphatic carbocycles. The van der Waals surface area contributed by atoms with Crippen LogP contribution in [0.1, 0.15) is 34.6 Å². The number of nitrogens with two attached hydrogens (primary N) is 1. The van der Waals surface area contributed by atoms with Gasteiger partial charge >= 0.3 is 0 Å². The topological polar surface area (TPSA) is 77.2 Å². The molecule has 1 aromatic heterocycles. The van der Waals surface area contributed by atoms with Crippen molar-refractivity contribution in [1.82, 2.24) is 10.3 Å². The summed E-state index contributed by atoms with van der Waals surface area (Å²) in [6, 6.07) is 10.9. The van der Waals surface area contributed by atoms with Crippen LogP contribution in [0.4, 0.5) is 0 Å². The molecule has 1 heterocycles. The number of rotatable bonds is 5. The molecule has 2 rings (SSSR count). The summed E-state index contributed by atoms with van der Waals surface area (Å²) in [5.74, 6) is 0.648. The molecule has 0 bridgehead atoms. The summed E-state index contributed by atoms with van der Waals surface area (Å²) < 4.78 is 5.12. The third-order valence-corrected chi connectivity index (χ3v) is 3.25. The molecule has 0 spiro atoms. The highest BCUT2D eigenvalue weighted by molar-refractivity contribution is 5.94. The van der Waals surface area contributed by atoms with E-state index in [1.54, 1.807) is 25.4 Å². The maximum absolute atomic E-state index is 12.2. The molecule has 0 aliphatic heterocycles. The molecule has 5 nitrogen and oxygen atoms in total. The van der Waals surface area contributed by atoms with Gasteiger partial charge in [0, 0.05) is 18.3 Å². The van der Waals surface area contributed by atoms with E-state index in [9.17, 15) is 4.79 Å². The molecule has 0 fully saturated rings. The molecule has 1 atom stereocenters. The number of pyridine rings is 1. The molecule has 1 amide bonds. The maximum Gasteiger partial charge on any atom is 0.251 e. The Morgan fingerprint density at radius 3 is 2.67 bits per heavy atom. The highest BCUT2D eigenvalue weighted by Gasteiger charge is 2.12. The Morgan fingerprint density at radius 2 is 2.05 bits per heavy atom. The van der Waals surface area contributed by atoms with Crippen molar-refractivity contribution in [2.75, 3.05) is 7.11 Å². The van der Waals surface area contributed by atoms with Crippen LogP contribution in [0, 0.1) is 0 Å². The van der Waals surface area contributed by atoms with Crippen LogP contribution < -0.4 is 15.8 Å².